The van der Waals surface area contributed by atoms with Crippen molar-refractivity contribution in [2.24, 2.45) is 11.7 Å². The molecule has 0 aliphatic heterocycles. The third-order valence-electron chi connectivity index (χ3n) is 2.80. The van der Waals surface area contributed by atoms with E-state index in [1.807, 2.05) is 0 Å². The molecule has 0 amide bonds. The third kappa shape index (κ3) is 4.89. The molecule has 1 rings (SSSR count). The number of hydrogen-bond acceptors (Lipinski definition) is 3. The summed E-state index contributed by atoms with van der Waals surface area (Å²) in [6.07, 6.45) is 4.15. The Kier molecular flexibility index (Phi) is 6.26. The zero-order chi connectivity index (χ0) is 12.7. The van der Waals surface area contributed by atoms with Crippen LogP contribution in [0.2, 0.25) is 0 Å². The maximum atomic E-state index is 6.08. The molecule has 1 atom stereocenters. The first-order chi connectivity index (χ1) is 8.15. The molecule has 17 heavy (non-hydrogen) atoms. The van der Waals surface area contributed by atoms with Crippen molar-refractivity contribution in [1.82, 2.24) is 4.57 Å². The third-order valence-corrected chi connectivity index (χ3v) is 2.80. The molecule has 1 heterocycles. The maximum Gasteiger partial charge on any atom is 0.0701 e. The lowest BCUT2D eigenvalue weighted by Gasteiger charge is -2.13. The van der Waals surface area contributed by atoms with E-state index >= 15 is 0 Å². The molecule has 1 aromatic heterocycles. The normalized spacial score (nSPS) is 13.2. The van der Waals surface area contributed by atoms with Gasteiger partial charge in [0.25, 0.3) is 0 Å². The van der Waals surface area contributed by atoms with Gasteiger partial charge < -0.3 is 19.8 Å². The van der Waals surface area contributed by atoms with Gasteiger partial charge in [-0.2, -0.15) is 0 Å². The predicted octanol–water partition coefficient (Wildman–Crippen LogP) is 1.81. The fraction of sp³-hybridized carbons (Fsp3) is 0.692. The minimum Gasteiger partial charge on any atom is -0.382 e. The van der Waals surface area contributed by atoms with E-state index in [0.717, 1.165) is 6.54 Å². The van der Waals surface area contributed by atoms with Crippen molar-refractivity contribution in [2.45, 2.75) is 26.4 Å². The molecule has 0 spiro atoms. The van der Waals surface area contributed by atoms with E-state index in [1.165, 1.54) is 5.56 Å². The number of nitrogens with two attached hydrogens (primary N) is 1. The van der Waals surface area contributed by atoms with Crippen LogP contribution >= 0.6 is 0 Å². The Morgan fingerprint density at radius 3 is 2.71 bits per heavy atom. The highest BCUT2D eigenvalue weighted by Gasteiger charge is 2.11. The van der Waals surface area contributed by atoms with Crippen LogP contribution in [0.1, 0.15) is 25.5 Å². The number of nitrogens with zero attached hydrogens (tertiary/aromatic N) is 1. The smallest absolute Gasteiger partial charge is 0.0701 e. The molecule has 4 heteroatoms. The molecule has 0 aromatic carbocycles. The number of methoxy groups -OCH3 is 1. The lowest BCUT2D eigenvalue weighted by molar-refractivity contribution is 0.0666. The van der Waals surface area contributed by atoms with Crippen LogP contribution in [0, 0.1) is 5.92 Å². The van der Waals surface area contributed by atoms with Crippen LogP contribution in [0.15, 0.2) is 18.5 Å². The maximum absolute atomic E-state index is 6.08. The SMILES string of the molecule is COCCOCCn1ccc(C(N)C(C)C)c1. The molecule has 0 bridgehead atoms. The molecule has 1 aromatic rings. The molecule has 98 valence electrons. The summed E-state index contributed by atoms with van der Waals surface area (Å²) in [5, 5.41) is 0. The van der Waals surface area contributed by atoms with Crippen molar-refractivity contribution in [2.75, 3.05) is 26.9 Å². The monoisotopic (exact) mass is 240 g/mol. The summed E-state index contributed by atoms with van der Waals surface area (Å²) in [6.45, 7) is 7.12. The van der Waals surface area contributed by atoms with Crippen LogP contribution in [0.4, 0.5) is 0 Å². The van der Waals surface area contributed by atoms with E-state index in [1.54, 1.807) is 7.11 Å². The second kappa shape index (κ2) is 7.48. The predicted molar refractivity (Wildman–Crippen MR) is 68.9 cm³/mol. The highest BCUT2D eigenvalue weighted by atomic mass is 16.5. The molecule has 0 saturated heterocycles. The summed E-state index contributed by atoms with van der Waals surface area (Å²) in [7, 11) is 1.68. The quantitative estimate of drug-likeness (QED) is 0.705. The van der Waals surface area contributed by atoms with Crippen LogP contribution < -0.4 is 5.73 Å². The van der Waals surface area contributed by atoms with Crippen molar-refractivity contribution in [3.05, 3.63) is 24.0 Å². The zero-order valence-corrected chi connectivity index (χ0v) is 11.1. The van der Waals surface area contributed by atoms with Crippen LogP contribution in [0.3, 0.4) is 0 Å². The second-order valence-electron chi connectivity index (χ2n) is 4.56. The summed E-state index contributed by atoms with van der Waals surface area (Å²) >= 11 is 0. The van der Waals surface area contributed by atoms with Crippen molar-refractivity contribution in [1.29, 1.82) is 0 Å². The first-order valence-electron chi connectivity index (χ1n) is 6.13. The number of hydrogen-bond donors (Lipinski definition) is 1. The summed E-state index contributed by atoms with van der Waals surface area (Å²) in [5.74, 6) is 0.462. The van der Waals surface area contributed by atoms with E-state index in [2.05, 4.69) is 36.9 Å². The second-order valence-corrected chi connectivity index (χ2v) is 4.56. The van der Waals surface area contributed by atoms with Crippen LogP contribution in [0.25, 0.3) is 0 Å². The minimum absolute atomic E-state index is 0.116. The molecular formula is C13H24N2O2. The van der Waals surface area contributed by atoms with Gasteiger partial charge in [0.1, 0.15) is 0 Å². The Balaban J connectivity index is 2.31. The van der Waals surface area contributed by atoms with Gasteiger partial charge in [0.05, 0.1) is 19.8 Å². The average molecular weight is 240 g/mol. The highest BCUT2D eigenvalue weighted by Crippen LogP contribution is 2.18. The van der Waals surface area contributed by atoms with E-state index < -0.39 is 0 Å². The van der Waals surface area contributed by atoms with Crippen LogP contribution in [-0.4, -0.2) is 31.5 Å². The van der Waals surface area contributed by atoms with E-state index in [4.69, 9.17) is 15.2 Å². The fourth-order valence-corrected chi connectivity index (χ4v) is 1.59. The summed E-state index contributed by atoms with van der Waals surface area (Å²) in [5.41, 5.74) is 7.28. The molecule has 0 aliphatic rings. The number of aromatic nitrogens is 1. The molecule has 4 nitrogen and oxygen atoms in total. The van der Waals surface area contributed by atoms with Gasteiger partial charge in [-0.3, -0.25) is 0 Å². The lowest BCUT2D eigenvalue weighted by atomic mass is 10.00. The molecular weight excluding hydrogens is 216 g/mol. The molecule has 0 fully saturated rings. The van der Waals surface area contributed by atoms with E-state index in [0.29, 0.717) is 25.7 Å². The van der Waals surface area contributed by atoms with Gasteiger partial charge in [-0.1, -0.05) is 13.8 Å². The van der Waals surface area contributed by atoms with Gasteiger partial charge in [0.2, 0.25) is 0 Å². The van der Waals surface area contributed by atoms with Gasteiger partial charge in [0, 0.05) is 32.1 Å². The lowest BCUT2D eigenvalue weighted by Crippen LogP contribution is -2.16. The van der Waals surface area contributed by atoms with Crippen LogP contribution in [-0.2, 0) is 16.0 Å². The van der Waals surface area contributed by atoms with Crippen molar-refractivity contribution < 1.29 is 9.47 Å². The number of rotatable bonds is 8. The molecule has 0 aliphatic carbocycles. The average Bonchev–Trinajstić information content (AvgIpc) is 2.76. The van der Waals surface area contributed by atoms with Crippen LogP contribution in [0.5, 0.6) is 0 Å². The largest absolute Gasteiger partial charge is 0.382 e. The Morgan fingerprint density at radius 2 is 2.06 bits per heavy atom. The zero-order valence-electron chi connectivity index (χ0n) is 11.1. The fourth-order valence-electron chi connectivity index (χ4n) is 1.59. The molecule has 0 radical (unpaired) electrons. The highest BCUT2D eigenvalue weighted by molar-refractivity contribution is 5.15. The van der Waals surface area contributed by atoms with Gasteiger partial charge in [-0.05, 0) is 17.5 Å². The Labute approximate surface area is 104 Å². The standard InChI is InChI=1S/C13H24N2O2/c1-11(2)13(14)12-4-5-15(10-12)6-7-17-9-8-16-3/h4-5,10-11,13H,6-9,14H2,1-3H3. The molecule has 2 N–H and O–H groups in total. The summed E-state index contributed by atoms with van der Waals surface area (Å²) < 4.78 is 12.4. The minimum atomic E-state index is 0.116. The Bertz CT molecular complexity index is 310. The van der Waals surface area contributed by atoms with Gasteiger partial charge in [-0.15, -0.1) is 0 Å². The Hall–Kier alpha value is -0.840. The van der Waals surface area contributed by atoms with Gasteiger partial charge >= 0.3 is 0 Å². The summed E-state index contributed by atoms with van der Waals surface area (Å²) in [6, 6.07) is 2.20. The van der Waals surface area contributed by atoms with Crippen molar-refractivity contribution >= 4 is 0 Å². The first-order valence-corrected chi connectivity index (χ1v) is 6.13. The summed E-state index contributed by atoms with van der Waals surface area (Å²) in [4.78, 5) is 0. The van der Waals surface area contributed by atoms with Gasteiger partial charge in [0.15, 0.2) is 0 Å². The first kappa shape index (κ1) is 14.2. The van der Waals surface area contributed by atoms with Gasteiger partial charge in [-0.25, -0.2) is 0 Å². The molecule has 1 unspecified atom stereocenters. The topological polar surface area (TPSA) is 49.4 Å². The van der Waals surface area contributed by atoms with E-state index in [9.17, 15) is 0 Å². The Morgan fingerprint density at radius 1 is 1.29 bits per heavy atom. The molecule has 0 saturated carbocycles. The number of ether oxygens (including phenoxy) is 2. The van der Waals surface area contributed by atoms with Crippen molar-refractivity contribution in [3.63, 3.8) is 0 Å². The van der Waals surface area contributed by atoms with E-state index in [-0.39, 0.29) is 6.04 Å². The van der Waals surface area contributed by atoms with Crippen molar-refractivity contribution in [3.8, 4) is 0 Å².